The minimum atomic E-state index is -3.36. The van der Waals surface area contributed by atoms with E-state index in [1.807, 2.05) is 26.0 Å². The fraction of sp³-hybridized carbons (Fsp3) is 0.455. The fourth-order valence-corrected chi connectivity index (χ4v) is 3.42. The van der Waals surface area contributed by atoms with Gasteiger partial charge in [0.05, 0.1) is 18.0 Å². The number of aryl methyl sites for hydroxylation is 2. The summed E-state index contributed by atoms with van der Waals surface area (Å²) in [4.78, 5) is 0. The van der Waals surface area contributed by atoms with Crippen LogP contribution in [0.1, 0.15) is 11.1 Å². The Morgan fingerprint density at radius 1 is 1.35 bits per heavy atom. The minimum absolute atomic E-state index is 0.0523. The molecule has 0 unspecified atom stereocenters. The van der Waals surface area contributed by atoms with Gasteiger partial charge < -0.3 is 4.74 Å². The molecule has 17 heavy (non-hydrogen) atoms. The molecule has 1 rings (SSSR count). The molecule has 1 aromatic carbocycles. The maximum atomic E-state index is 11.7. The smallest absolute Gasteiger partial charge is 0.235 e. The molecule has 0 bridgehead atoms. The van der Waals surface area contributed by atoms with Crippen LogP contribution in [0.4, 0.5) is 5.69 Å². The van der Waals surface area contributed by atoms with Gasteiger partial charge in [0, 0.05) is 11.6 Å². The average molecular weight is 322 g/mol. The summed E-state index contributed by atoms with van der Waals surface area (Å²) in [5, 5.41) is 0. The van der Waals surface area contributed by atoms with Gasteiger partial charge >= 0.3 is 0 Å². The summed E-state index contributed by atoms with van der Waals surface area (Å²) in [6.45, 7) is 4.00. The molecule has 0 heterocycles. The summed E-state index contributed by atoms with van der Waals surface area (Å²) < 4.78 is 31.5. The highest BCUT2D eigenvalue weighted by atomic mass is 79.9. The first kappa shape index (κ1) is 14.5. The Balaban J connectivity index is 2.96. The molecule has 0 amide bonds. The van der Waals surface area contributed by atoms with Gasteiger partial charge in [-0.05, 0) is 47.0 Å². The zero-order chi connectivity index (χ0) is 13.1. The first-order valence-electron chi connectivity index (χ1n) is 5.12. The first-order chi connectivity index (χ1) is 7.85. The maximum Gasteiger partial charge on any atom is 0.235 e. The van der Waals surface area contributed by atoms with Crippen LogP contribution in [-0.2, 0) is 14.8 Å². The van der Waals surface area contributed by atoms with Gasteiger partial charge in [0.15, 0.2) is 0 Å². The molecule has 0 atom stereocenters. The fourth-order valence-electron chi connectivity index (χ4n) is 1.44. The summed E-state index contributed by atoms with van der Waals surface area (Å²) >= 11 is 3.36. The number of methoxy groups -OCH3 is 1. The lowest BCUT2D eigenvalue weighted by molar-refractivity contribution is 0.217. The van der Waals surface area contributed by atoms with Crippen LogP contribution in [0.15, 0.2) is 16.6 Å². The molecular weight excluding hydrogens is 306 g/mol. The monoisotopic (exact) mass is 321 g/mol. The van der Waals surface area contributed by atoms with Gasteiger partial charge in [0.1, 0.15) is 0 Å². The number of rotatable bonds is 5. The number of hydrogen-bond donors (Lipinski definition) is 1. The number of sulfonamides is 1. The molecule has 4 nitrogen and oxygen atoms in total. The first-order valence-corrected chi connectivity index (χ1v) is 7.56. The molecule has 1 aromatic rings. The van der Waals surface area contributed by atoms with E-state index >= 15 is 0 Å². The molecule has 0 aliphatic rings. The number of halogens is 1. The Kier molecular flexibility index (Phi) is 4.97. The van der Waals surface area contributed by atoms with E-state index in [9.17, 15) is 8.42 Å². The van der Waals surface area contributed by atoms with Crippen molar-refractivity contribution in [1.82, 2.24) is 0 Å². The van der Waals surface area contributed by atoms with Crippen molar-refractivity contribution in [2.75, 3.05) is 24.2 Å². The lowest BCUT2D eigenvalue weighted by Crippen LogP contribution is -2.20. The van der Waals surface area contributed by atoms with Gasteiger partial charge in [-0.15, -0.1) is 0 Å². The predicted octanol–water partition coefficient (Wildman–Crippen LogP) is 2.45. The Bertz CT molecular complexity index is 476. The van der Waals surface area contributed by atoms with Crippen molar-refractivity contribution in [3.8, 4) is 0 Å². The summed E-state index contributed by atoms with van der Waals surface area (Å²) in [5.41, 5.74) is 2.55. The van der Waals surface area contributed by atoms with E-state index in [2.05, 4.69) is 20.7 Å². The summed E-state index contributed by atoms with van der Waals surface area (Å²) in [5.74, 6) is -0.0523. The highest BCUT2D eigenvalue weighted by Crippen LogP contribution is 2.28. The van der Waals surface area contributed by atoms with Crippen LogP contribution in [0.2, 0.25) is 0 Å². The number of benzene rings is 1. The van der Waals surface area contributed by atoms with Crippen LogP contribution < -0.4 is 4.72 Å². The molecule has 0 aliphatic heterocycles. The van der Waals surface area contributed by atoms with Gasteiger partial charge in [0.25, 0.3) is 0 Å². The van der Waals surface area contributed by atoms with Crippen LogP contribution in [0.3, 0.4) is 0 Å². The van der Waals surface area contributed by atoms with Crippen molar-refractivity contribution in [1.29, 1.82) is 0 Å². The second-order valence-corrected chi connectivity index (χ2v) is 6.55. The van der Waals surface area contributed by atoms with Gasteiger partial charge in [-0.1, -0.05) is 6.07 Å². The highest BCUT2D eigenvalue weighted by molar-refractivity contribution is 9.10. The van der Waals surface area contributed by atoms with Crippen molar-refractivity contribution in [3.63, 3.8) is 0 Å². The lowest BCUT2D eigenvalue weighted by atomic mass is 10.1. The maximum absolute atomic E-state index is 11.7. The molecular formula is C11H16BrNO3S. The lowest BCUT2D eigenvalue weighted by Gasteiger charge is -2.13. The van der Waals surface area contributed by atoms with Crippen LogP contribution >= 0.6 is 15.9 Å². The Morgan fingerprint density at radius 2 is 2.00 bits per heavy atom. The molecule has 96 valence electrons. The third-order valence-corrected chi connectivity index (χ3v) is 4.09. The third-order valence-electron chi connectivity index (χ3n) is 2.25. The Hall–Kier alpha value is -0.590. The van der Waals surface area contributed by atoms with Crippen molar-refractivity contribution in [2.24, 2.45) is 0 Å². The van der Waals surface area contributed by atoms with Gasteiger partial charge in [-0.3, -0.25) is 4.72 Å². The predicted molar refractivity (Wildman–Crippen MR) is 72.9 cm³/mol. The van der Waals surface area contributed by atoms with E-state index in [-0.39, 0.29) is 12.4 Å². The largest absolute Gasteiger partial charge is 0.384 e. The molecule has 0 saturated carbocycles. The van der Waals surface area contributed by atoms with E-state index in [0.717, 1.165) is 15.6 Å². The Labute approximate surface area is 111 Å². The zero-order valence-electron chi connectivity index (χ0n) is 10.1. The summed E-state index contributed by atoms with van der Waals surface area (Å²) in [6.07, 6.45) is 0. The topological polar surface area (TPSA) is 55.4 Å². The number of ether oxygens (including phenoxy) is 1. The molecule has 0 radical (unpaired) electrons. The van der Waals surface area contributed by atoms with Crippen LogP contribution in [-0.4, -0.2) is 27.9 Å². The van der Waals surface area contributed by atoms with Crippen molar-refractivity contribution >= 4 is 31.6 Å². The van der Waals surface area contributed by atoms with Gasteiger partial charge in [0.2, 0.25) is 10.0 Å². The quantitative estimate of drug-likeness (QED) is 0.906. The van der Waals surface area contributed by atoms with Crippen LogP contribution in [0.25, 0.3) is 0 Å². The second kappa shape index (κ2) is 5.84. The van der Waals surface area contributed by atoms with E-state index in [0.29, 0.717) is 5.69 Å². The normalized spacial score (nSPS) is 11.5. The molecule has 6 heteroatoms. The highest BCUT2D eigenvalue weighted by Gasteiger charge is 2.14. The standard InChI is InChI=1S/C11H16BrNO3S/c1-8-6-9(2)11(10(12)7-8)13-17(14,15)5-4-16-3/h6-7,13H,4-5H2,1-3H3. The third kappa shape index (κ3) is 4.29. The SMILES string of the molecule is COCCS(=O)(=O)Nc1c(C)cc(C)cc1Br. The second-order valence-electron chi connectivity index (χ2n) is 3.85. The molecule has 1 N–H and O–H groups in total. The summed E-state index contributed by atoms with van der Waals surface area (Å²) in [6, 6.07) is 3.81. The number of nitrogens with one attached hydrogen (secondary N) is 1. The minimum Gasteiger partial charge on any atom is -0.384 e. The summed E-state index contributed by atoms with van der Waals surface area (Å²) in [7, 11) is -1.88. The van der Waals surface area contributed by atoms with Crippen LogP contribution in [0.5, 0.6) is 0 Å². The number of hydrogen-bond acceptors (Lipinski definition) is 3. The van der Waals surface area contributed by atoms with Crippen molar-refractivity contribution < 1.29 is 13.2 Å². The molecule has 0 spiro atoms. The molecule has 0 saturated heterocycles. The molecule has 0 aliphatic carbocycles. The zero-order valence-corrected chi connectivity index (χ0v) is 12.5. The average Bonchev–Trinajstić information content (AvgIpc) is 2.21. The Morgan fingerprint density at radius 3 is 2.53 bits per heavy atom. The van der Waals surface area contributed by atoms with Gasteiger partial charge in [-0.25, -0.2) is 8.42 Å². The van der Waals surface area contributed by atoms with E-state index in [1.54, 1.807) is 0 Å². The van der Waals surface area contributed by atoms with Gasteiger partial charge in [-0.2, -0.15) is 0 Å². The molecule has 0 fully saturated rings. The number of anilines is 1. The van der Waals surface area contributed by atoms with E-state index in [4.69, 9.17) is 4.74 Å². The van der Waals surface area contributed by atoms with E-state index in [1.165, 1.54) is 7.11 Å². The van der Waals surface area contributed by atoms with E-state index < -0.39 is 10.0 Å². The van der Waals surface area contributed by atoms with Crippen molar-refractivity contribution in [3.05, 3.63) is 27.7 Å². The van der Waals surface area contributed by atoms with Crippen molar-refractivity contribution in [2.45, 2.75) is 13.8 Å². The molecule has 0 aromatic heterocycles. The van der Waals surface area contributed by atoms with Crippen LogP contribution in [0, 0.1) is 13.8 Å².